The molecule has 0 spiro atoms. The monoisotopic (exact) mass is 712 g/mol. The van der Waals surface area contributed by atoms with Gasteiger partial charge in [0.2, 0.25) is 0 Å². The second-order valence-electron chi connectivity index (χ2n) is 13.2. The first-order chi connectivity index (χ1) is 26.2. The first-order valence-electron chi connectivity index (χ1n) is 17.8. The first kappa shape index (κ1) is 31.4. The maximum atomic E-state index is 5.01. The molecule has 0 fully saturated rings. The fourth-order valence-electron chi connectivity index (χ4n) is 7.20. The van der Waals surface area contributed by atoms with Gasteiger partial charge in [-0.25, -0.2) is 4.98 Å². The Balaban J connectivity index is 0.986. The highest BCUT2D eigenvalue weighted by Gasteiger charge is 2.15. The van der Waals surface area contributed by atoms with E-state index < -0.39 is 0 Å². The summed E-state index contributed by atoms with van der Waals surface area (Å²) in [6.45, 7) is 0. The highest BCUT2D eigenvalue weighted by molar-refractivity contribution is 7.26. The van der Waals surface area contributed by atoms with Gasteiger partial charge in [-0.3, -0.25) is 0 Å². The first-order valence-corrected chi connectivity index (χ1v) is 19.4. The van der Waals surface area contributed by atoms with Gasteiger partial charge in [0.1, 0.15) is 5.01 Å². The molecule has 0 saturated carbocycles. The van der Waals surface area contributed by atoms with Crippen LogP contribution >= 0.6 is 22.7 Å². The van der Waals surface area contributed by atoms with Crippen LogP contribution in [0.4, 0.5) is 17.1 Å². The molecule has 0 saturated heterocycles. The van der Waals surface area contributed by atoms with Crippen molar-refractivity contribution in [2.45, 2.75) is 0 Å². The van der Waals surface area contributed by atoms with Gasteiger partial charge in [0.15, 0.2) is 0 Å². The molecule has 2 nitrogen and oxygen atoms in total. The number of rotatable bonds is 7. The summed E-state index contributed by atoms with van der Waals surface area (Å²) >= 11 is 3.63. The molecule has 0 bridgehead atoms. The quantitative estimate of drug-likeness (QED) is 0.164. The number of benzene rings is 8. The van der Waals surface area contributed by atoms with E-state index in [4.69, 9.17) is 4.98 Å². The van der Waals surface area contributed by atoms with Gasteiger partial charge < -0.3 is 4.90 Å². The van der Waals surface area contributed by atoms with Crippen LogP contribution in [0, 0.1) is 0 Å². The van der Waals surface area contributed by atoms with E-state index in [0.29, 0.717) is 0 Å². The number of thiazole rings is 1. The minimum absolute atomic E-state index is 1.06. The van der Waals surface area contributed by atoms with Crippen LogP contribution in [0.3, 0.4) is 0 Å². The summed E-state index contributed by atoms with van der Waals surface area (Å²) in [5.74, 6) is 0. The van der Waals surface area contributed by atoms with E-state index in [9.17, 15) is 0 Å². The molecule has 8 aromatic carbocycles. The molecule has 2 aromatic heterocycles. The highest BCUT2D eigenvalue weighted by Crippen LogP contribution is 2.42. The van der Waals surface area contributed by atoms with E-state index in [1.807, 2.05) is 17.4 Å². The summed E-state index contributed by atoms with van der Waals surface area (Å²) in [4.78, 5) is 7.34. The molecule has 0 aliphatic heterocycles. The van der Waals surface area contributed by atoms with Crippen molar-refractivity contribution in [1.82, 2.24) is 4.98 Å². The molecule has 250 valence electrons. The Morgan fingerprint density at radius 2 is 0.755 bits per heavy atom. The molecule has 4 heteroatoms. The van der Waals surface area contributed by atoms with Crippen LogP contribution in [-0.2, 0) is 0 Å². The Hall–Kier alpha value is -6.33. The van der Waals surface area contributed by atoms with Crippen molar-refractivity contribution in [3.05, 3.63) is 194 Å². The van der Waals surface area contributed by atoms with Crippen molar-refractivity contribution in [2.75, 3.05) is 4.90 Å². The number of hydrogen-bond donors (Lipinski definition) is 0. The van der Waals surface area contributed by atoms with Crippen molar-refractivity contribution in [2.24, 2.45) is 0 Å². The van der Waals surface area contributed by atoms with Gasteiger partial charge in [-0.1, -0.05) is 140 Å². The molecular weight excluding hydrogens is 681 g/mol. The molecular formula is C49H32N2S2. The minimum atomic E-state index is 1.06. The Morgan fingerprint density at radius 1 is 0.321 bits per heavy atom. The van der Waals surface area contributed by atoms with E-state index >= 15 is 0 Å². The van der Waals surface area contributed by atoms with Crippen LogP contribution in [-0.4, -0.2) is 4.98 Å². The molecule has 10 rings (SSSR count). The van der Waals surface area contributed by atoms with Crippen LogP contribution in [0.5, 0.6) is 0 Å². The van der Waals surface area contributed by atoms with E-state index in [-0.39, 0.29) is 0 Å². The normalized spacial score (nSPS) is 11.4. The van der Waals surface area contributed by atoms with Gasteiger partial charge in [0.25, 0.3) is 0 Å². The topological polar surface area (TPSA) is 16.1 Å². The van der Waals surface area contributed by atoms with Gasteiger partial charge in [-0.05, 0) is 88.0 Å². The summed E-state index contributed by atoms with van der Waals surface area (Å²) in [5, 5.41) is 3.63. The minimum Gasteiger partial charge on any atom is -0.311 e. The summed E-state index contributed by atoms with van der Waals surface area (Å²) in [6.07, 6.45) is 0. The summed E-state index contributed by atoms with van der Waals surface area (Å²) in [5.41, 5.74) is 12.8. The average Bonchev–Trinajstić information content (AvgIpc) is 3.82. The predicted molar refractivity (Wildman–Crippen MR) is 229 cm³/mol. The molecule has 0 N–H and O–H groups in total. The lowest BCUT2D eigenvalue weighted by Gasteiger charge is -2.26. The van der Waals surface area contributed by atoms with E-state index in [2.05, 4.69) is 193 Å². The molecule has 53 heavy (non-hydrogen) atoms. The molecule has 2 heterocycles. The number of anilines is 3. The lowest BCUT2D eigenvalue weighted by molar-refractivity contribution is 1.28. The average molecular weight is 713 g/mol. The van der Waals surface area contributed by atoms with Crippen molar-refractivity contribution >= 4 is 70.1 Å². The lowest BCUT2D eigenvalue weighted by atomic mass is 10.0. The van der Waals surface area contributed by atoms with Crippen molar-refractivity contribution < 1.29 is 0 Å². The molecule has 0 aliphatic carbocycles. The van der Waals surface area contributed by atoms with Gasteiger partial charge in [-0.15, -0.1) is 22.7 Å². The van der Waals surface area contributed by atoms with Crippen molar-refractivity contribution in [3.8, 4) is 44.0 Å². The lowest BCUT2D eigenvalue weighted by Crippen LogP contribution is -2.09. The largest absolute Gasteiger partial charge is 0.311 e. The highest BCUT2D eigenvalue weighted by atomic mass is 32.1. The molecule has 10 aromatic rings. The smallest absolute Gasteiger partial charge is 0.124 e. The second kappa shape index (κ2) is 13.3. The zero-order valence-electron chi connectivity index (χ0n) is 28.7. The standard InChI is InChI=1S/C49H32N2S2/c1-4-10-33(11-5-1)35-16-23-40(24-17-35)51(41-25-18-36(19-26-41)34-12-6-2-7-13-34)42-27-20-37(21-28-42)39-22-29-43-44-31-45-48(32-47(44)52-46(43)30-39)53-49(50-45)38-14-8-3-9-15-38/h1-32H. The maximum Gasteiger partial charge on any atom is 0.124 e. The fourth-order valence-corrected chi connectivity index (χ4v) is 9.43. The molecule has 0 amide bonds. The van der Waals surface area contributed by atoms with Crippen molar-refractivity contribution in [1.29, 1.82) is 0 Å². The third-order valence-electron chi connectivity index (χ3n) is 9.93. The number of fused-ring (bicyclic) bond motifs is 4. The van der Waals surface area contributed by atoms with Crippen molar-refractivity contribution in [3.63, 3.8) is 0 Å². The zero-order valence-corrected chi connectivity index (χ0v) is 30.3. The number of hydrogen-bond acceptors (Lipinski definition) is 4. The summed E-state index contributed by atoms with van der Waals surface area (Å²) < 4.78 is 3.82. The zero-order chi connectivity index (χ0) is 35.1. The number of nitrogens with zero attached hydrogens (tertiary/aromatic N) is 2. The van der Waals surface area contributed by atoms with Crippen LogP contribution in [0.15, 0.2) is 194 Å². The van der Waals surface area contributed by atoms with Gasteiger partial charge in [0, 0.05) is 42.8 Å². The Morgan fingerprint density at radius 3 is 1.28 bits per heavy atom. The molecule has 0 radical (unpaired) electrons. The van der Waals surface area contributed by atoms with E-state index in [0.717, 1.165) is 27.6 Å². The van der Waals surface area contributed by atoms with Crippen LogP contribution < -0.4 is 4.90 Å². The predicted octanol–water partition coefficient (Wildman–Crippen LogP) is 14.8. The number of thiophene rings is 1. The second-order valence-corrected chi connectivity index (χ2v) is 15.3. The third-order valence-corrected chi connectivity index (χ3v) is 12.1. The third kappa shape index (κ3) is 5.98. The Bertz CT molecular complexity index is 2760. The van der Waals surface area contributed by atoms with Gasteiger partial charge >= 0.3 is 0 Å². The van der Waals surface area contributed by atoms with E-state index in [1.165, 1.54) is 63.8 Å². The molecule has 0 atom stereocenters. The Kier molecular flexibility index (Phi) is 7.90. The summed E-state index contributed by atoms with van der Waals surface area (Å²) in [7, 11) is 0. The fraction of sp³-hybridized carbons (Fsp3) is 0. The SMILES string of the molecule is c1ccc(-c2ccc(N(c3ccc(-c4ccccc4)cc3)c3ccc(-c4ccc5c(c4)sc4cc6sc(-c7ccccc7)nc6cc45)cc3)cc2)cc1. The summed E-state index contributed by atoms with van der Waals surface area (Å²) in [6, 6.07) is 69.8. The Labute approximate surface area is 316 Å². The van der Waals surface area contributed by atoms with Crippen LogP contribution in [0.1, 0.15) is 0 Å². The number of aromatic nitrogens is 1. The van der Waals surface area contributed by atoms with E-state index in [1.54, 1.807) is 11.3 Å². The molecule has 0 aliphatic rings. The molecule has 0 unspecified atom stereocenters. The van der Waals surface area contributed by atoms with Crippen LogP contribution in [0.2, 0.25) is 0 Å². The van der Waals surface area contributed by atoms with Crippen LogP contribution in [0.25, 0.3) is 74.3 Å². The van der Waals surface area contributed by atoms with Gasteiger partial charge in [-0.2, -0.15) is 0 Å². The maximum absolute atomic E-state index is 5.01. The van der Waals surface area contributed by atoms with Gasteiger partial charge in [0.05, 0.1) is 10.2 Å².